The van der Waals surface area contributed by atoms with Gasteiger partial charge in [-0.3, -0.25) is 14.5 Å². The van der Waals surface area contributed by atoms with Crippen LogP contribution >= 0.6 is 11.3 Å². The Labute approximate surface area is 176 Å². The summed E-state index contributed by atoms with van der Waals surface area (Å²) in [5.74, 6) is 0.394. The largest absolute Gasteiger partial charge is 0.494 e. The van der Waals surface area contributed by atoms with Crippen LogP contribution in [0.5, 0.6) is 5.75 Å². The average Bonchev–Trinajstić information content (AvgIpc) is 3.39. The quantitative estimate of drug-likeness (QED) is 0.466. The first-order valence-corrected chi connectivity index (χ1v) is 10.6. The Morgan fingerprint density at radius 3 is 2.83 bits per heavy atom. The van der Waals surface area contributed by atoms with Crippen LogP contribution in [0.25, 0.3) is 11.0 Å². The number of ether oxygens (including phenoxy) is 1. The summed E-state index contributed by atoms with van der Waals surface area (Å²) in [7, 11) is 0. The molecule has 4 aromatic rings. The number of amides is 1. The van der Waals surface area contributed by atoms with Gasteiger partial charge in [-0.05, 0) is 36.2 Å². The van der Waals surface area contributed by atoms with E-state index in [4.69, 9.17) is 9.15 Å². The molecule has 0 unspecified atom stereocenters. The summed E-state index contributed by atoms with van der Waals surface area (Å²) in [6.45, 7) is 2.63. The molecule has 3 heterocycles. The molecule has 0 saturated heterocycles. The number of nitrogens with zero attached hydrogens (tertiary/aromatic N) is 2. The number of carbonyl (C=O) groups is 1. The van der Waals surface area contributed by atoms with E-state index in [1.807, 2.05) is 31.2 Å². The lowest BCUT2D eigenvalue weighted by molar-refractivity contribution is 0.0971. The van der Waals surface area contributed by atoms with Crippen LogP contribution in [-0.4, -0.2) is 17.5 Å². The fraction of sp³-hybridized carbons (Fsp3) is 0.174. The van der Waals surface area contributed by atoms with Gasteiger partial charge >= 0.3 is 0 Å². The van der Waals surface area contributed by atoms with Crippen LogP contribution in [0, 0.1) is 0 Å². The zero-order valence-corrected chi connectivity index (χ0v) is 17.0. The highest BCUT2D eigenvalue weighted by molar-refractivity contribution is 7.13. The van der Waals surface area contributed by atoms with E-state index in [9.17, 15) is 9.59 Å². The summed E-state index contributed by atoms with van der Waals surface area (Å²) < 4.78 is 11.7. The van der Waals surface area contributed by atoms with Crippen LogP contribution in [-0.2, 0) is 0 Å². The standard InChI is InChI=1S/C23H18N2O4S/c1-2-11-28-15-7-5-6-14(13-15)19-18-20(26)16-8-3-4-9-17(16)29-21(18)22(27)25(19)23-24-10-12-30-23/h3-10,12-13,19H,2,11H2,1H3/t19-/m0/s1. The second-order valence-electron chi connectivity index (χ2n) is 6.98. The minimum absolute atomic E-state index is 0.0683. The van der Waals surface area contributed by atoms with Gasteiger partial charge in [-0.2, -0.15) is 0 Å². The van der Waals surface area contributed by atoms with E-state index in [-0.39, 0.29) is 17.1 Å². The SMILES string of the molecule is CCCOc1cccc([C@H]2c3c(oc4ccccc4c3=O)C(=O)N2c2nccs2)c1. The summed E-state index contributed by atoms with van der Waals surface area (Å²) >= 11 is 1.34. The molecular weight excluding hydrogens is 400 g/mol. The Bertz CT molecular complexity index is 1300. The molecule has 150 valence electrons. The van der Waals surface area contributed by atoms with Gasteiger partial charge in [0.2, 0.25) is 5.76 Å². The van der Waals surface area contributed by atoms with E-state index in [2.05, 4.69) is 4.98 Å². The van der Waals surface area contributed by atoms with Crippen molar-refractivity contribution in [3.05, 3.63) is 87.2 Å². The summed E-state index contributed by atoms with van der Waals surface area (Å²) in [4.78, 5) is 32.7. The number of hydrogen-bond acceptors (Lipinski definition) is 6. The molecule has 30 heavy (non-hydrogen) atoms. The maximum Gasteiger partial charge on any atom is 0.297 e. The monoisotopic (exact) mass is 418 g/mol. The number of benzene rings is 2. The number of carbonyl (C=O) groups excluding carboxylic acids is 1. The number of para-hydroxylation sites is 1. The van der Waals surface area contributed by atoms with E-state index in [0.29, 0.717) is 34.0 Å². The highest BCUT2D eigenvalue weighted by Crippen LogP contribution is 2.42. The lowest BCUT2D eigenvalue weighted by Crippen LogP contribution is -2.29. The van der Waals surface area contributed by atoms with Crippen molar-refractivity contribution >= 4 is 33.3 Å². The number of thiazole rings is 1. The molecule has 0 saturated carbocycles. The van der Waals surface area contributed by atoms with E-state index < -0.39 is 6.04 Å². The summed E-state index contributed by atoms with van der Waals surface area (Å²) in [6.07, 6.45) is 2.52. The fourth-order valence-electron chi connectivity index (χ4n) is 3.76. The van der Waals surface area contributed by atoms with Crippen molar-refractivity contribution in [3.63, 3.8) is 0 Å². The molecule has 0 bridgehead atoms. The molecular formula is C23H18N2O4S. The van der Waals surface area contributed by atoms with Crippen molar-refractivity contribution in [1.29, 1.82) is 0 Å². The van der Waals surface area contributed by atoms with Crippen LogP contribution in [0.3, 0.4) is 0 Å². The molecule has 1 atom stereocenters. The van der Waals surface area contributed by atoms with Crippen molar-refractivity contribution in [2.45, 2.75) is 19.4 Å². The maximum atomic E-state index is 13.4. The summed E-state index contributed by atoms with van der Waals surface area (Å²) in [5, 5.41) is 2.77. The first kappa shape index (κ1) is 18.6. The fourth-order valence-corrected chi connectivity index (χ4v) is 4.43. The van der Waals surface area contributed by atoms with E-state index >= 15 is 0 Å². The molecule has 7 heteroatoms. The Hall–Kier alpha value is -3.45. The van der Waals surface area contributed by atoms with Crippen LogP contribution in [0.4, 0.5) is 5.13 Å². The Balaban J connectivity index is 1.75. The van der Waals surface area contributed by atoms with Gasteiger partial charge in [0.15, 0.2) is 10.6 Å². The molecule has 2 aromatic heterocycles. The topological polar surface area (TPSA) is 72.6 Å². The van der Waals surface area contributed by atoms with Gasteiger partial charge in [0.25, 0.3) is 5.91 Å². The van der Waals surface area contributed by atoms with Crippen molar-refractivity contribution in [2.75, 3.05) is 11.5 Å². The average molecular weight is 418 g/mol. The van der Waals surface area contributed by atoms with Gasteiger partial charge in [0, 0.05) is 11.6 Å². The van der Waals surface area contributed by atoms with Gasteiger partial charge < -0.3 is 9.15 Å². The Morgan fingerprint density at radius 1 is 1.17 bits per heavy atom. The van der Waals surface area contributed by atoms with Gasteiger partial charge in [-0.25, -0.2) is 4.98 Å². The third-order valence-corrected chi connectivity index (χ3v) is 5.82. The molecule has 0 spiro atoms. The van der Waals surface area contributed by atoms with Gasteiger partial charge in [-0.15, -0.1) is 11.3 Å². The molecule has 1 amide bonds. The lowest BCUT2D eigenvalue weighted by Gasteiger charge is -2.23. The molecule has 5 rings (SSSR count). The second-order valence-corrected chi connectivity index (χ2v) is 7.86. The number of aromatic nitrogens is 1. The minimum Gasteiger partial charge on any atom is -0.494 e. The molecule has 1 aliphatic rings. The molecule has 6 nitrogen and oxygen atoms in total. The van der Waals surface area contributed by atoms with Crippen molar-refractivity contribution in [2.24, 2.45) is 0 Å². The number of anilines is 1. The van der Waals surface area contributed by atoms with Gasteiger partial charge in [-0.1, -0.05) is 31.2 Å². The predicted molar refractivity (Wildman–Crippen MR) is 115 cm³/mol. The molecule has 0 aliphatic carbocycles. The number of hydrogen-bond donors (Lipinski definition) is 0. The maximum absolute atomic E-state index is 13.4. The number of fused-ring (bicyclic) bond motifs is 2. The molecule has 2 aromatic carbocycles. The minimum atomic E-state index is -0.635. The third kappa shape index (κ3) is 2.90. The van der Waals surface area contributed by atoms with Crippen LogP contribution in [0.2, 0.25) is 0 Å². The summed E-state index contributed by atoms with van der Waals surface area (Å²) in [5.41, 5.74) is 1.30. The second kappa shape index (κ2) is 7.42. The van der Waals surface area contributed by atoms with Crippen LogP contribution in [0.1, 0.15) is 41.1 Å². The van der Waals surface area contributed by atoms with Crippen molar-refractivity contribution in [1.82, 2.24) is 4.98 Å². The van der Waals surface area contributed by atoms with Gasteiger partial charge in [0.1, 0.15) is 11.3 Å². The smallest absolute Gasteiger partial charge is 0.297 e. The van der Waals surface area contributed by atoms with E-state index in [1.54, 1.807) is 35.8 Å². The van der Waals surface area contributed by atoms with Crippen LogP contribution < -0.4 is 15.1 Å². The first-order chi connectivity index (χ1) is 14.7. The predicted octanol–water partition coefficient (Wildman–Crippen LogP) is 4.79. The highest BCUT2D eigenvalue weighted by Gasteiger charge is 2.44. The molecule has 0 radical (unpaired) electrons. The third-order valence-electron chi connectivity index (χ3n) is 5.05. The molecule has 0 fully saturated rings. The van der Waals surface area contributed by atoms with Crippen molar-refractivity contribution in [3.8, 4) is 5.75 Å². The highest BCUT2D eigenvalue weighted by atomic mass is 32.1. The number of rotatable bonds is 5. The first-order valence-electron chi connectivity index (χ1n) is 9.70. The zero-order chi connectivity index (χ0) is 20.7. The van der Waals surface area contributed by atoms with E-state index in [0.717, 1.165) is 12.0 Å². The Morgan fingerprint density at radius 2 is 2.03 bits per heavy atom. The Kier molecular flexibility index (Phi) is 4.59. The summed E-state index contributed by atoms with van der Waals surface area (Å²) in [6, 6.07) is 13.8. The van der Waals surface area contributed by atoms with E-state index in [1.165, 1.54) is 16.2 Å². The lowest BCUT2D eigenvalue weighted by atomic mass is 9.98. The van der Waals surface area contributed by atoms with Crippen LogP contribution in [0.15, 0.2) is 69.3 Å². The molecule has 0 N–H and O–H groups in total. The normalized spacial score (nSPS) is 15.6. The zero-order valence-electron chi connectivity index (χ0n) is 16.2. The molecule has 1 aliphatic heterocycles. The van der Waals surface area contributed by atoms with Gasteiger partial charge in [0.05, 0.1) is 23.6 Å². The van der Waals surface area contributed by atoms with Crippen molar-refractivity contribution < 1.29 is 13.9 Å².